The maximum Gasteiger partial charge on any atom is 0.343 e. The minimum Gasteiger partial charge on any atom is -0.506 e. The lowest BCUT2D eigenvalue weighted by Crippen LogP contribution is -2.24. The summed E-state index contributed by atoms with van der Waals surface area (Å²) in [7, 11) is 2.41. The predicted octanol–water partition coefficient (Wildman–Crippen LogP) is 1.17. The van der Waals surface area contributed by atoms with Crippen molar-refractivity contribution in [2.24, 2.45) is 5.92 Å². The van der Waals surface area contributed by atoms with Crippen molar-refractivity contribution in [1.29, 1.82) is 0 Å². The Labute approximate surface area is 121 Å². The first-order valence-corrected chi connectivity index (χ1v) is 6.43. The molecule has 7 nitrogen and oxygen atoms in total. The van der Waals surface area contributed by atoms with Crippen LogP contribution in [0.15, 0.2) is 11.0 Å². The number of aromatic amines is 1. The molecule has 0 aromatic carbocycles. The van der Waals surface area contributed by atoms with E-state index in [-0.39, 0.29) is 23.5 Å². The minimum atomic E-state index is -0.773. The second-order valence-electron chi connectivity index (χ2n) is 4.92. The zero-order valence-corrected chi connectivity index (χ0v) is 12.4. The Balaban J connectivity index is 3.40. The molecule has 1 aromatic heterocycles. The quantitative estimate of drug-likeness (QED) is 0.790. The van der Waals surface area contributed by atoms with E-state index in [2.05, 4.69) is 14.5 Å². The highest BCUT2D eigenvalue weighted by atomic mass is 16.5. The van der Waals surface area contributed by atoms with Crippen LogP contribution in [0.1, 0.15) is 42.1 Å². The highest BCUT2D eigenvalue weighted by molar-refractivity contribution is 5.92. The summed E-state index contributed by atoms with van der Waals surface area (Å²) < 4.78 is 9.15. The van der Waals surface area contributed by atoms with Gasteiger partial charge in [-0.1, -0.05) is 13.8 Å². The Morgan fingerprint density at radius 1 is 1.29 bits per heavy atom. The second kappa shape index (κ2) is 6.92. The van der Waals surface area contributed by atoms with Crippen molar-refractivity contribution in [3.05, 3.63) is 27.7 Å². The molecule has 0 radical (unpaired) electrons. The molecule has 0 aliphatic rings. The molecule has 0 aliphatic heterocycles. The van der Waals surface area contributed by atoms with Crippen LogP contribution in [-0.4, -0.2) is 36.2 Å². The molecule has 0 spiro atoms. The van der Waals surface area contributed by atoms with Crippen LogP contribution >= 0.6 is 0 Å². The van der Waals surface area contributed by atoms with E-state index in [1.165, 1.54) is 14.2 Å². The maximum absolute atomic E-state index is 12.0. The van der Waals surface area contributed by atoms with Gasteiger partial charge in [0.05, 0.1) is 26.2 Å². The number of H-pyrrole nitrogens is 1. The smallest absolute Gasteiger partial charge is 0.343 e. The SMILES string of the molecule is COC(=O)C[C@H](c1c(O)c(C(=O)OC)c[nH]c1=O)C(C)C. The highest BCUT2D eigenvalue weighted by Crippen LogP contribution is 2.33. The van der Waals surface area contributed by atoms with Crippen molar-refractivity contribution in [1.82, 2.24) is 4.98 Å². The van der Waals surface area contributed by atoms with Gasteiger partial charge in [0.25, 0.3) is 5.56 Å². The fourth-order valence-corrected chi connectivity index (χ4v) is 2.08. The molecular weight excluding hydrogens is 278 g/mol. The fraction of sp³-hybridized carbons (Fsp3) is 0.500. The van der Waals surface area contributed by atoms with Gasteiger partial charge in [0.1, 0.15) is 11.3 Å². The maximum atomic E-state index is 12.0. The summed E-state index contributed by atoms with van der Waals surface area (Å²) in [6, 6.07) is 0. The first-order valence-electron chi connectivity index (χ1n) is 6.43. The van der Waals surface area contributed by atoms with Gasteiger partial charge in [-0.3, -0.25) is 9.59 Å². The first kappa shape index (κ1) is 16.7. The van der Waals surface area contributed by atoms with Gasteiger partial charge < -0.3 is 19.6 Å². The molecule has 116 valence electrons. The topological polar surface area (TPSA) is 106 Å². The lowest BCUT2D eigenvalue weighted by atomic mass is 9.85. The Morgan fingerprint density at radius 2 is 1.90 bits per heavy atom. The number of aromatic nitrogens is 1. The Kier molecular flexibility index (Phi) is 5.52. The van der Waals surface area contributed by atoms with Crippen molar-refractivity contribution in [3.8, 4) is 5.75 Å². The molecule has 0 saturated heterocycles. The average molecular weight is 297 g/mol. The number of aromatic hydroxyl groups is 1. The largest absolute Gasteiger partial charge is 0.506 e. The number of hydrogen-bond acceptors (Lipinski definition) is 6. The number of hydrogen-bond donors (Lipinski definition) is 2. The number of carbonyl (C=O) groups excluding carboxylic acids is 2. The molecule has 1 atom stereocenters. The van der Waals surface area contributed by atoms with Gasteiger partial charge in [-0.25, -0.2) is 4.79 Å². The molecule has 0 fully saturated rings. The molecule has 0 amide bonds. The van der Waals surface area contributed by atoms with Gasteiger partial charge in [0.15, 0.2) is 0 Å². The number of methoxy groups -OCH3 is 2. The number of esters is 2. The van der Waals surface area contributed by atoms with Gasteiger partial charge >= 0.3 is 11.9 Å². The lowest BCUT2D eigenvalue weighted by molar-refractivity contribution is -0.141. The van der Waals surface area contributed by atoms with Crippen LogP contribution in [-0.2, 0) is 14.3 Å². The monoisotopic (exact) mass is 297 g/mol. The van der Waals surface area contributed by atoms with E-state index in [4.69, 9.17) is 0 Å². The average Bonchev–Trinajstić information content (AvgIpc) is 2.45. The summed E-state index contributed by atoms with van der Waals surface area (Å²) in [5.74, 6) is -2.44. The summed E-state index contributed by atoms with van der Waals surface area (Å²) in [4.78, 5) is 37.4. The van der Waals surface area contributed by atoms with Crippen LogP contribution in [0.3, 0.4) is 0 Å². The van der Waals surface area contributed by atoms with Crippen LogP contribution in [0.25, 0.3) is 0 Å². The first-order chi connectivity index (χ1) is 9.83. The number of rotatable bonds is 5. The van der Waals surface area contributed by atoms with E-state index in [9.17, 15) is 19.5 Å². The third kappa shape index (κ3) is 3.62. The lowest BCUT2D eigenvalue weighted by Gasteiger charge is -2.20. The molecule has 1 heterocycles. The molecule has 21 heavy (non-hydrogen) atoms. The summed E-state index contributed by atoms with van der Waals surface area (Å²) >= 11 is 0. The van der Waals surface area contributed by atoms with E-state index in [1.54, 1.807) is 13.8 Å². The molecule has 0 aliphatic carbocycles. The molecule has 7 heteroatoms. The number of ether oxygens (including phenoxy) is 2. The minimum absolute atomic E-state index is 0.0155. The third-order valence-corrected chi connectivity index (χ3v) is 3.30. The second-order valence-corrected chi connectivity index (χ2v) is 4.92. The van der Waals surface area contributed by atoms with Gasteiger partial charge in [-0.05, 0) is 5.92 Å². The molecule has 2 N–H and O–H groups in total. The van der Waals surface area contributed by atoms with Gasteiger partial charge in [0, 0.05) is 12.1 Å². The number of carbonyl (C=O) groups is 2. The van der Waals surface area contributed by atoms with Crippen molar-refractivity contribution in [2.45, 2.75) is 26.2 Å². The van der Waals surface area contributed by atoms with Crippen LogP contribution in [0, 0.1) is 5.92 Å². The van der Waals surface area contributed by atoms with Crippen molar-refractivity contribution < 1.29 is 24.2 Å². The van der Waals surface area contributed by atoms with Crippen molar-refractivity contribution >= 4 is 11.9 Å². The fourth-order valence-electron chi connectivity index (χ4n) is 2.08. The third-order valence-electron chi connectivity index (χ3n) is 3.30. The van der Waals surface area contributed by atoms with Crippen LogP contribution in [0.2, 0.25) is 0 Å². The van der Waals surface area contributed by atoms with Crippen molar-refractivity contribution in [2.75, 3.05) is 14.2 Å². The Hall–Kier alpha value is -2.31. The normalized spacial score (nSPS) is 12.0. The predicted molar refractivity (Wildman–Crippen MR) is 74.3 cm³/mol. The molecule has 0 bridgehead atoms. The molecule has 1 aromatic rings. The highest BCUT2D eigenvalue weighted by Gasteiger charge is 2.28. The zero-order chi connectivity index (χ0) is 16.2. The van der Waals surface area contributed by atoms with Crippen molar-refractivity contribution in [3.63, 3.8) is 0 Å². The summed E-state index contributed by atoms with van der Waals surface area (Å²) in [6.45, 7) is 3.61. The van der Waals surface area contributed by atoms with E-state index < -0.39 is 29.2 Å². The van der Waals surface area contributed by atoms with Gasteiger partial charge in [-0.2, -0.15) is 0 Å². The molecule has 0 unspecified atom stereocenters. The van der Waals surface area contributed by atoms with Gasteiger partial charge in [-0.15, -0.1) is 0 Å². The van der Waals surface area contributed by atoms with E-state index >= 15 is 0 Å². The van der Waals surface area contributed by atoms with Gasteiger partial charge in [0.2, 0.25) is 0 Å². The number of pyridine rings is 1. The molecule has 1 rings (SSSR count). The Bertz CT molecular complexity index is 590. The van der Waals surface area contributed by atoms with E-state index in [0.717, 1.165) is 6.20 Å². The summed E-state index contributed by atoms with van der Waals surface area (Å²) in [5, 5.41) is 10.2. The molecular formula is C14H19NO6. The van der Waals surface area contributed by atoms with Crippen LogP contribution < -0.4 is 5.56 Å². The zero-order valence-electron chi connectivity index (χ0n) is 12.4. The standard InChI is InChI=1S/C14H19NO6/c1-7(2)8(5-10(16)20-3)11-12(17)9(14(19)21-4)6-15-13(11)18/h6-8H,5H2,1-4H3,(H2,15,17,18)/t8-/m0/s1. The number of nitrogens with one attached hydrogen (secondary N) is 1. The van der Waals surface area contributed by atoms with E-state index in [0.29, 0.717) is 0 Å². The van der Waals surface area contributed by atoms with E-state index in [1.807, 2.05) is 0 Å². The van der Waals surface area contributed by atoms with Crippen LogP contribution in [0.4, 0.5) is 0 Å². The summed E-state index contributed by atoms with van der Waals surface area (Å²) in [5.41, 5.74) is -0.719. The summed E-state index contributed by atoms with van der Waals surface area (Å²) in [6.07, 6.45) is 1.01. The van der Waals surface area contributed by atoms with Crippen LogP contribution in [0.5, 0.6) is 5.75 Å². The molecule has 0 saturated carbocycles. The Morgan fingerprint density at radius 3 is 2.38 bits per heavy atom.